The van der Waals surface area contributed by atoms with Gasteiger partial charge in [0.15, 0.2) is 0 Å². The molecule has 2 aliphatic heterocycles. The number of likely N-dealkylation sites (tertiary alicyclic amines) is 1. The maximum atomic E-state index is 13.0. The molecule has 1 atom stereocenters. The number of benzene rings is 1. The quantitative estimate of drug-likeness (QED) is 0.692. The van der Waals surface area contributed by atoms with E-state index >= 15 is 0 Å². The molecule has 1 amide bonds. The largest absolute Gasteiger partial charge is 0.494 e. The molecule has 2 aromatic rings. The first kappa shape index (κ1) is 20.8. The van der Waals surface area contributed by atoms with Crippen LogP contribution >= 0.6 is 0 Å². The van der Waals surface area contributed by atoms with E-state index in [2.05, 4.69) is 5.10 Å². The van der Waals surface area contributed by atoms with Gasteiger partial charge >= 0.3 is 0 Å². The number of aryl methyl sites for hydroxylation is 1. The van der Waals surface area contributed by atoms with E-state index in [0.29, 0.717) is 31.2 Å². The highest BCUT2D eigenvalue weighted by atomic mass is 19.1. The van der Waals surface area contributed by atoms with Crippen LogP contribution in [0.2, 0.25) is 0 Å². The number of hydrogen-bond donors (Lipinski definition) is 0. The van der Waals surface area contributed by atoms with Crippen molar-refractivity contribution in [1.29, 1.82) is 0 Å². The summed E-state index contributed by atoms with van der Waals surface area (Å²) < 4.78 is 26.8. The minimum Gasteiger partial charge on any atom is -0.494 e. The fourth-order valence-corrected chi connectivity index (χ4v) is 4.56. The van der Waals surface area contributed by atoms with Crippen molar-refractivity contribution in [3.05, 3.63) is 48.5 Å². The molecule has 4 rings (SSSR count). The van der Waals surface area contributed by atoms with Crippen LogP contribution in [-0.2, 0) is 16.1 Å². The van der Waals surface area contributed by atoms with Crippen LogP contribution in [0.15, 0.2) is 42.7 Å². The van der Waals surface area contributed by atoms with Gasteiger partial charge < -0.3 is 14.4 Å². The zero-order valence-corrected chi connectivity index (χ0v) is 17.3. The zero-order valence-electron chi connectivity index (χ0n) is 17.3. The molecule has 1 aromatic heterocycles. The molecule has 2 saturated heterocycles. The smallest absolute Gasteiger partial charge is 0.224 e. The van der Waals surface area contributed by atoms with Crippen LogP contribution in [-0.4, -0.2) is 52.5 Å². The van der Waals surface area contributed by atoms with Crippen LogP contribution in [0.4, 0.5) is 4.39 Å². The van der Waals surface area contributed by atoms with Crippen LogP contribution in [0.3, 0.4) is 0 Å². The normalized spacial score (nSPS) is 21.0. The summed E-state index contributed by atoms with van der Waals surface area (Å²) in [7, 11) is 0. The van der Waals surface area contributed by atoms with Gasteiger partial charge in [0.05, 0.1) is 12.2 Å². The van der Waals surface area contributed by atoms with Crippen LogP contribution in [0, 0.1) is 11.7 Å². The van der Waals surface area contributed by atoms with E-state index in [4.69, 9.17) is 9.47 Å². The monoisotopic (exact) mass is 415 g/mol. The summed E-state index contributed by atoms with van der Waals surface area (Å²) >= 11 is 0. The third kappa shape index (κ3) is 5.39. The fourth-order valence-electron chi connectivity index (χ4n) is 4.56. The first-order valence-electron chi connectivity index (χ1n) is 10.9. The van der Waals surface area contributed by atoms with Gasteiger partial charge in [-0.15, -0.1) is 0 Å². The third-order valence-corrected chi connectivity index (χ3v) is 6.34. The average molecular weight is 416 g/mol. The lowest BCUT2D eigenvalue weighted by Gasteiger charge is -2.46. The number of nitrogens with zero attached hydrogens (tertiary/aromatic N) is 3. The molecular weight excluding hydrogens is 385 g/mol. The number of carbonyl (C=O) groups excluding carboxylic acids is 1. The number of ether oxygens (including phenoxy) is 2. The Morgan fingerprint density at radius 2 is 2.07 bits per heavy atom. The second kappa shape index (κ2) is 9.60. The molecule has 0 radical (unpaired) electrons. The third-order valence-electron chi connectivity index (χ3n) is 6.34. The predicted octanol–water partition coefficient (Wildman–Crippen LogP) is 3.67. The first-order chi connectivity index (χ1) is 14.6. The predicted molar refractivity (Wildman–Crippen MR) is 111 cm³/mol. The lowest BCUT2D eigenvalue weighted by molar-refractivity contribution is -0.147. The molecular formula is C23H30FN3O3. The standard InChI is InChI=1S/C23H30FN3O3/c24-20-2-4-21(5-3-20)29-16-7-19-8-17-30-23(18-19)9-14-26(15-10-23)22(28)6-13-27-12-1-11-25-27/h1-5,11-12,19H,6-10,13-18H2. The van der Waals surface area contributed by atoms with Gasteiger partial charge in [-0.1, -0.05) is 0 Å². The lowest BCUT2D eigenvalue weighted by Crippen LogP contribution is -2.51. The van der Waals surface area contributed by atoms with Gasteiger partial charge in [-0.3, -0.25) is 9.48 Å². The van der Waals surface area contributed by atoms with E-state index in [0.717, 1.165) is 51.8 Å². The van der Waals surface area contributed by atoms with Crippen molar-refractivity contribution in [2.75, 3.05) is 26.3 Å². The Balaban J connectivity index is 1.20. The number of rotatable bonds is 7. The Bertz CT molecular complexity index is 802. The van der Waals surface area contributed by atoms with Gasteiger partial charge in [0.1, 0.15) is 11.6 Å². The maximum Gasteiger partial charge on any atom is 0.224 e. The summed E-state index contributed by atoms with van der Waals surface area (Å²) in [5.41, 5.74) is -0.0996. The molecule has 6 nitrogen and oxygen atoms in total. The van der Waals surface area contributed by atoms with Gasteiger partial charge in [0.25, 0.3) is 0 Å². The molecule has 1 aromatic carbocycles. The van der Waals surface area contributed by atoms with Crippen molar-refractivity contribution in [3.8, 4) is 5.75 Å². The Labute approximate surface area is 177 Å². The van der Waals surface area contributed by atoms with Crippen LogP contribution < -0.4 is 4.74 Å². The number of piperidine rings is 1. The molecule has 2 aliphatic rings. The SMILES string of the molecule is O=C(CCn1cccn1)N1CCC2(CC1)CC(CCOc1ccc(F)cc1)CCO2. The molecule has 0 N–H and O–H groups in total. The molecule has 3 heterocycles. The van der Waals surface area contributed by atoms with E-state index < -0.39 is 0 Å². The number of halogens is 1. The fraction of sp³-hybridized carbons (Fsp3) is 0.565. The summed E-state index contributed by atoms with van der Waals surface area (Å²) in [6.07, 6.45) is 8.93. The summed E-state index contributed by atoms with van der Waals surface area (Å²) in [4.78, 5) is 14.5. The number of carbonyl (C=O) groups is 1. The van der Waals surface area contributed by atoms with E-state index in [1.807, 2.05) is 17.2 Å². The van der Waals surface area contributed by atoms with Gasteiger partial charge in [-0.25, -0.2) is 4.39 Å². The average Bonchev–Trinajstić information content (AvgIpc) is 3.28. The molecule has 1 unspecified atom stereocenters. The molecule has 0 aliphatic carbocycles. The first-order valence-corrected chi connectivity index (χ1v) is 10.9. The molecule has 7 heteroatoms. The van der Waals surface area contributed by atoms with Gasteiger partial charge in [0, 0.05) is 45.1 Å². The van der Waals surface area contributed by atoms with Gasteiger partial charge in [-0.05, 0) is 68.4 Å². The molecule has 1 spiro atoms. The molecule has 0 bridgehead atoms. The Hall–Kier alpha value is -2.41. The molecule has 2 fully saturated rings. The van der Waals surface area contributed by atoms with E-state index in [1.165, 1.54) is 12.1 Å². The molecule has 0 saturated carbocycles. The van der Waals surface area contributed by atoms with Crippen molar-refractivity contribution < 1.29 is 18.7 Å². The number of hydrogen-bond acceptors (Lipinski definition) is 4. The minimum absolute atomic E-state index is 0.0996. The molecule has 162 valence electrons. The summed E-state index contributed by atoms with van der Waals surface area (Å²) in [5.74, 6) is 1.21. The highest BCUT2D eigenvalue weighted by molar-refractivity contribution is 5.76. The lowest BCUT2D eigenvalue weighted by atomic mass is 9.78. The van der Waals surface area contributed by atoms with Crippen molar-refractivity contribution in [1.82, 2.24) is 14.7 Å². The van der Waals surface area contributed by atoms with E-state index in [9.17, 15) is 9.18 Å². The number of amides is 1. The van der Waals surface area contributed by atoms with Crippen molar-refractivity contribution in [2.45, 2.75) is 50.7 Å². The second-order valence-corrected chi connectivity index (χ2v) is 8.38. The number of aromatic nitrogens is 2. The maximum absolute atomic E-state index is 13.0. The topological polar surface area (TPSA) is 56.6 Å². The van der Waals surface area contributed by atoms with Crippen molar-refractivity contribution >= 4 is 5.91 Å². The Morgan fingerprint density at radius 1 is 1.27 bits per heavy atom. The minimum atomic E-state index is -0.250. The van der Waals surface area contributed by atoms with Crippen molar-refractivity contribution in [2.24, 2.45) is 5.92 Å². The summed E-state index contributed by atoms with van der Waals surface area (Å²) in [6, 6.07) is 8.04. The van der Waals surface area contributed by atoms with E-state index in [-0.39, 0.29) is 17.3 Å². The zero-order chi connectivity index (χ0) is 20.8. The highest BCUT2D eigenvalue weighted by Crippen LogP contribution is 2.39. The Kier molecular flexibility index (Phi) is 6.67. The van der Waals surface area contributed by atoms with Gasteiger partial charge in [-0.2, -0.15) is 5.10 Å². The van der Waals surface area contributed by atoms with Crippen LogP contribution in [0.1, 0.15) is 38.5 Å². The van der Waals surface area contributed by atoms with Crippen LogP contribution in [0.5, 0.6) is 5.75 Å². The summed E-state index contributed by atoms with van der Waals surface area (Å²) in [5, 5.41) is 4.16. The van der Waals surface area contributed by atoms with E-state index in [1.54, 1.807) is 23.0 Å². The second-order valence-electron chi connectivity index (χ2n) is 8.38. The Morgan fingerprint density at radius 3 is 2.80 bits per heavy atom. The molecule has 30 heavy (non-hydrogen) atoms. The highest BCUT2D eigenvalue weighted by Gasteiger charge is 2.40. The van der Waals surface area contributed by atoms with Crippen LogP contribution in [0.25, 0.3) is 0 Å². The van der Waals surface area contributed by atoms with Gasteiger partial charge in [0.2, 0.25) is 5.91 Å². The van der Waals surface area contributed by atoms with Crippen molar-refractivity contribution in [3.63, 3.8) is 0 Å². The summed E-state index contributed by atoms with van der Waals surface area (Å²) in [6.45, 7) is 3.55.